The second-order valence-electron chi connectivity index (χ2n) is 10.5. The van der Waals surface area contributed by atoms with Gasteiger partial charge < -0.3 is 25.4 Å². The number of rotatable bonds is 7. The number of carbonyl (C=O) groups is 3. The van der Waals surface area contributed by atoms with Gasteiger partial charge >= 0.3 is 5.97 Å². The summed E-state index contributed by atoms with van der Waals surface area (Å²) in [6, 6.07) is 14.8. The Bertz CT molecular complexity index is 1730. The van der Waals surface area contributed by atoms with Crippen LogP contribution in [0.2, 0.25) is 0 Å². The van der Waals surface area contributed by atoms with E-state index < -0.39 is 11.9 Å². The lowest BCUT2D eigenvalue weighted by molar-refractivity contribution is 0.0594. The summed E-state index contributed by atoms with van der Waals surface area (Å²) in [5, 5.41) is 11.3. The Morgan fingerprint density at radius 3 is 2.70 bits per heavy atom. The van der Waals surface area contributed by atoms with Crippen LogP contribution in [-0.4, -0.2) is 49.6 Å². The molecular formula is C33H32N4O5S. The van der Waals surface area contributed by atoms with Gasteiger partial charge in [-0.3, -0.25) is 9.59 Å². The minimum Gasteiger partial charge on any atom is -0.493 e. The number of thiophene rings is 1. The van der Waals surface area contributed by atoms with Crippen LogP contribution in [-0.2, 0) is 24.1 Å². The molecular weight excluding hydrogens is 564 g/mol. The van der Waals surface area contributed by atoms with Gasteiger partial charge in [-0.1, -0.05) is 13.0 Å². The number of amides is 2. The fraction of sp³-hybridized carbons (Fsp3) is 0.273. The number of methoxy groups -OCH3 is 1. The van der Waals surface area contributed by atoms with Gasteiger partial charge in [0.2, 0.25) is 0 Å². The lowest BCUT2D eigenvalue weighted by Crippen LogP contribution is -2.26. The standard InChI is InChI=1S/C33H32N4O5S/c1-3-11-35-32(39)27-7-6-23(29(37-27)33(40)41-2)24-17-28-26(30-19(9-13-42-28)10-14-43-30)16-25(24)31(38)36-22-5-4-21-18-34-12-8-20(21)15-22/h4-7,10,14-17,34H,3,8-9,11-13,18H2,1-2H3,(H,35,39)(H,36,38). The molecule has 2 aliphatic rings. The van der Waals surface area contributed by atoms with Crippen molar-refractivity contribution in [3.63, 3.8) is 0 Å². The molecule has 0 unspecified atom stereocenters. The quantitative estimate of drug-likeness (QED) is 0.250. The van der Waals surface area contributed by atoms with E-state index in [0.29, 0.717) is 41.3 Å². The summed E-state index contributed by atoms with van der Waals surface area (Å²) in [6.45, 7) is 4.59. The number of aromatic nitrogens is 1. The van der Waals surface area contributed by atoms with Crippen LogP contribution in [0.4, 0.5) is 5.69 Å². The van der Waals surface area contributed by atoms with Crippen molar-refractivity contribution < 1.29 is 23.9 Å². The maximum absolute atomic E-state index is 14.1. The fourth-order valence-electron chi connectivity index (χ4n) is 5.46. The third kappa shape index (κ3) is 5.76. The van der Waals surface area contributed by atoms with E-state index >= 15 is 0 Å². The van der Waals surface area contributed by atoms with Crippen molar-refractivity contribution in [3.8, 4) is 27.3 Å². The second-order valence-corrected chi connectivity index (χ2v) is 11.4. The Labute approximate surface area is 253 Å². The van der Waals surface area contributed by atoms with E-state index in [-0.39, 0.29) is 17.3 Å². The first-order chi connectivity index (χ1) is 21.0. The van der Waals surface area contributed by atoms with E-state index in [9.17, 15) is 14.4 Å². The molecule has 4 heterocycles. The van der Waals surface area contributed by atoms with E-state index in [1.165, 1.54) is 18.2 Å². The molecule has 2 amide bonds. The zero-order chi connectivity index (χ0) is 29.9. The highest BCUT2D eigenvalue weighted by Crippen LogP contribution is 2.43. The Hall–Kier alpha value is -4.54. The first-order valence-electron chi connectivity index (χ1n) is 14.4. The van der Waals surface area contributed by atoms with Crippen LogP contribution in [0.5, 0.6) is 5.75 Å². The van der Waals surface area contributed by atoms with Crippen molar-refractivity contribution in [2.75, 3.05) is 32.1 Å². The number of esters is 1. The van der Waals surface area contributed by atoms with Gasteiger partial charge in [0.05, 0.1) is 13.7 Å². The van der Waals surface area contributed by atoms with E-state index in [1.54, 1.807) is 29.5 Å². The van der Waals surface area contributed by atoms with Crippen LogP contribution < -0.4 is 20.7 Å². The SMILES string of the molecule is CCCNC(=O)c1ccc(-c2cc3c(cc2C(=O)Nc2ccc4c(c2)CCNC4)-c2sccc2CCO3)c(C(=O)OC)n1. The van der Waals surface area contributed by atoms with Crippen LogP contribution in [0, 0.1) is 0 Å². The lowest BCUT2D eigenvalue weighted by Gasteiger charge is -2.19. The summed E-state index contributed by atoms with van der Waals surface area (Å²) in [4.78, 5) is 45.3. The number of benzene rings is 2. The first-order valence-corrected chi connectivity index (χ1v) is 15.2. The van der Waals surface area contributed by atoms with Crippen molar-refractivity contribution in [2.24, 2.45) is 0 Å². The predicted molar refractivity (Wildman–Crippen MR) is 166 cm³/mol. The molecule has 0 saturated heterocycles. The van der Waals surface area contributed by atoms with Crippen molar-refractivity contribution in [3.05, 3.63) is 87.6 Å². The average Bonchev–Trinajstić information content (AvgIpc) is 3.44. The number of hydrogen-bond acceptors (Lipinski definition) is 8. The Balaban J connectivity index is 1.48. The van der Waals surface area contributed by atoms with Gasteiger partial charge in [-0.15, -0.1) is 11.3 Å². The normalized spacial score (nSPS) is 13.4. The van der Waals surface area contributed by atoms with Gasteiger partial charge in [-0.25, -0.2) is 9.78 Å². The smallest absolute Gasteiger partial charge is 0.357 e. The van der Waals surface area contributed by atoms with Crippen LogP contribution in [0.25, 0.3) is 21.6 Å². The molecule has 2 aliphatic heterocycles. The molecule has 43 heavy (non-hydrogen) atoms. The topological polar surface area (TPSA) is 119 Å². The minimum absolute atomic E-state index is 0.0626. The van der Waals surface area contributed by atoms with Crippen molar-refractivity contribution in [2.45, 2.75) is 32.7 Å². The number of hydrogen-bond donors (Lipinski definition) is 3. The van der Waals surface area contributed by atoms with Gasteiger partial charge in [-0.2, -0.15) is 0 Å². The van der Waals surface area contributed by atoms with E-state index in [4.69, 9.17) is 9.47 Å². The molecule has 9 nitrogen and oxygen atoms in total. The van der Waals surface area contributed by atoms with Gasteiger partial charge in [0.15, 0.2) is 5.69 Å². The molecule has 220 valence electrons. The number of nitrogens with zero attached hydrogens (tertiary/aromatic N) is 1. The third-order valence-corrected chi connectivity index (χ3v) is 8.66. The Kier molecular flexibility index (Phi) is 8.22. The molecule has 0 spiro atoms. The highest BCUT2D eigenvalue weighted by atomic mass is 32.1. The first kappa shape index (κ1) is 28.6. The number of pyridine rings is 1. The summed E-state index contributed by atoms with van der Waals surface area (Å²) in [5.74, 6) is -0.843. The molecule has 3 N–H and O–H groups in total. The van der Waals surface area contributed by atoms with Crippen LogP contribution in [0.3, 0.4) is 0 Å². The zero-order valence-corrected chi connectivity index (χ0v) is 24.9. The van der Waals surface area contributed by atoms with Crippen LogP contribution in [0.15, 0.2) is 53.9 Å². The van der Waals surface area contributed by atoms with E-state index in [1.807, 2.05) is 36.6 Å². The molecule has 0 saturated carbocycles. The van der Waals surface area contributed by atoms with Crippen molar-refractivity contribution >= 4 is 34.8 Å². The monoisotopic (exact) mass is 596 g/mol. The van der Waals surface area contributed by atoms with Gasteiger partial charge in [0, 0.05) is 52.3 Å². The summed E-state index contributed by atoms with van der Waals surface area (Å²) in [7, 11) is 1.26. The molecule has 0 fully saturated rings. The average molecular weight is 597 g/mol. The minimum atomic E-state index is -0.716. The molecule has 4 aromatic rings. The number of ether oxygens (including phenoxy) is 2. The maximum Gasteiger partial charge on any atom is 0.357 e. The fourth-order valence-corrected chi connectivity index (χ4v) is 6.44. The van der Waals surface area contributed by atoms with Gasteiger partial charge in [0.25, 0.3) is 11.8 Å². The Morgan fingerprint density at radius 2 is 1.86 bits per heavy atom. The molecule has 0 atom stereocenters. The molecule has 6 rings (SSSR count). The van der Waals surface area contributed by atoms with Crippen molar-refractivity contribution in [1.29, 1.82) is 0 Å². The summed E-state index contributed by atoms with van der Waals surface area (Å²) < 4.78 is 11.2. The molecule has 10 heteroatoms. The number of fused-ring (bicyclic) bond motifs is 4. The van der Waals surface area contributed by atoms with Crippen LogP contribution in [0.1, 0.15) is 61.4 Å². The van der Waals surface area contributed by atoms with Crippen LogP contribution >= 0.6 is 11.3 Å². The highest BCUT2D eigenvalue weighted by Gasteiger charge is 2.27. The maximum atomic E-state index is 14.1. The van der Waals surface area contributed by atoms with E-state index in [0.717, 1.165) is 48.4 Å². The molecule has 2 aromatic heterocycles. The molecule has 0 aliphatic carbocycles. The molecule has 2 aromatic carbocycles. The highest BCUT2D eigenvalue weighted by molar-refractivity contribution is 7.13. The second kappa shape index (κ2) is 12.4. The number of anilines is 1. The van der Waals surface area contributed by atoms with E-state index in [2.05, 4.69) is 27.0 Å². The number of carbonyl (C=O) groups excluding carboxylic acids is 3. The largest absolute Gasteiger partial charge is 0.493 e. The van der Waals surface area contributed by atoms with Crippen molar-refractivity contribution in [1.82, 2.24) is 15.6 Å². The third-order valence-electron chi connectivity index (χ3n) is 7.67. The Morgan fingerprint density at radius 1 is 0.977 bits per heavy atom. The summed E-state index contributed by atoms with van der Waals surface area (Å²) in [5.41, 5.74) is 6.26. The predicted octanol–water partition coefficient (Wildman–Crippen LogP) is 5.24. The molecule has 0 radical (unpaired) electrons. The lowest BCUT2D eigenvalue weighted by atomic mass is 9.93. The number of nitrogens with one attached hydrogen (secondary N) is 3. The summed E-state index contributed by atoms with van der Waals surface area (Å²) in [6.07, 6.45) is 2.38. The van der Waals surface area contributed by atoms with Gasteiger partial charge in [0.1, 0.15) is 11.4 Å². The summed E-state index contributed by atoms with van der Waals surface area (Å²) >= 11 is 1.60. The van der Waals surface area contributed by atoms with Gasteiger partial charge in [-0.05, 0) is 83.9 Å². The molecule has 0 bridgehead atoms. The zero-order valence-electron chi connectivity index (χ0n) is 24.0.